The van der Waals surface area contributed by atoms with E-state index in [1.54, 1.807) is 24.1 Å². The van der Waals surface area contributed by atoms with Crippen LogP contribution in [0, 0.1) is 0 Å². The van der Waals surface area contributed by atoms with E-state index in [4.69, 9.17) is 16.3 Å². The van der Waals surface area contributed by atoms with Crippen LogP contribution in [0.1, 0.15) is 37.8 Å². The van der Waals surface area contributed by atoms with Gasteiger partial charge in [0.2, 0.25) is 0 Å². The van der Waals surface area contributed by atoms with E-state index in [1.807, 2.05) is 19.1 Å². The van der Waals surface area contributed by atoms with Gasteiger partial charge in [-0.3, -0.25) is 0 Å². The maximum Gasteiger partial charge on any atom is 0.317 e. The van der Waals surface area contributed by atoms with Crippen molar-refractivity contribution >= 4 is 17.6 Å². The van der Waals surface area contributed by atoms with E-state index in [0.717, 1.165) is 18.4 Å². The van der Waals surface area contributed by atoms with Gasteiger partial charge in [0.15, 0.2) is 0 Å². The molecular weight excluding hydrogens is 316 g/mol. The summed E-state index contributed by atoms with van der Waals surface area (Å²) in [5.41, 5.74) is 0.267. The summed E-state index contributed by atoms with van der Waals surface area (Å²) in [4.78, 5) is 14.3. The van der Waals surface area contributed by atoms with Crippen molar-refractivity contribution in [3.63, 3.8) is 0 Å². The minimum absolute atomic E-state index is 0.125. The molecule has 1 aromatic rings. The van der Waals surface area contributed by atoms with Gasteiger partial charge in [-0.15, -0.1) is 0 Å². The molecule has 1 aliphatic rings. The summed E-state index contributed by atoms with van der Waals surface area (Å²) in [5, 5.41) is 13.8. The molecule has 1 aliphatic heterocycles. The van der Waals surface area contributed by atoms with E-state index in [9.17, 15) is 9.90 Å². The Kier molecular flexibility index (Phi) is 6.27. The van der Waals surface area contributed by atoms with Crippen LogP contribution in [-0.2, 0) is 4.74 Å². The molecule has 6 heteroatoms. The van der Waals surface area contributed by atoms with E-state index in [2.05, 4.69) is 5.32 Å². The number of hydrogen-bond donors (Lipinski definition) is 2. The molecule has 1 fully saturated rings. The number of benzene rings is 1. The van der Waals surface area contributed by atoms with Crippen LogP contribution in [0.3, 0.4) is 0 Å². The number of methoxy groups -OCH3 is 1. The lowest BCUT2D eigenvalue weighted by molar-refractivity contribution is 0.0456. The van der Waals surface area contributed by atoms with Gasteiger partial charge in [-0.25, -0.2) is 4.79 Å². The zero-order valence-corrected chi connectivity index (χ0v) is 14.5. The highest BCUT2D eigenvalue weighted by Gasteiger charge is 2.28. The number of amides is 2. The smallest absolute Gasteiger partial charge is 0.317 e. The predicted molar refractivity (Wildman–Crippen MR) is 90.6 cm³/mol. The summed E-state index contributed by atoms with van der Waals surface area (Å²) in [6, 6.07) is 7.02. The monoisotopic (exact) mass is 340 g/mol. The van der Waals surface area contributed by atoms with Crippen molar-refractivity contribution in [3.05, 3.63) is 34.9 Å². The first-order chi connectivity index (χ1) is 10.9. The molecule has 1 saturated heterocycles. The van der Waals surface area contributed by atoms with Gasteiger partial charge in [-0.1, -0.05) is 23.7 Å². The predicted octanol–water partition coefficient (Wildman–Crippen LogP) is 2.97. The first kappa shape index (κ1) is 18.0. The Labute approximate surface area is 142 Å². The Balaban J connectivity index is 2.01. The quantitative estimate of drug-likeness (QED) is 0.885. The lowest BCUT2D eigenvalue weighted by Gasteiger charge is -2.26. The van der Waals surface area contributed by atoms with Crippen LogP contribution in [0.2, 0.25) is 5.02 Å². The third-order valence-electron chi connectivity index (χ3n) is 4.25. The number of ether oxygens (including phenoxy) is 1. The first-order valence-corrected chi connectivity index (χ1v) is 8.31. The lowest BCUT2D eigenvalue weighted by atomic mass is 9.98. The van der Waals surface area contributed by atoms with Crippen molar-refractivity contribution in [1.82, 2.24) is 10.2 Å². The summed E-state index contributed by atoms with van der Waals surface area (Å²) in [6.45, 7) is 3.43. The van der Waals surface area contributed by atoms with Gasteiger partial charge in [0, 0.05) is 25.2 Å². The van der Waals surface area contributed by atoms with Gasteiger partial charge >= 0.3 is 6.03 Å². The van der Waals surface area contributed by atoms with Crippen LogP contribution in [0.5, 0.6) is 0 Å². The van der Waals surface area contributed by atoms with Crippen molar-refractivity contribution in [2.75, 3.05) is 26.8 Å². The number of hydrogen-bond acceptors (Lipinski definition) is 3. The van der Waals surface area contributed by atoms with E-state index in [-0.39, 0.29) is 12.1 Å². The number of carbonyl (C=O) groups excluding carboxylic acids is 1. The van der Waals surface area contributed by atoms with E-state index < -0.39 is 5.60 Å². The van der Waals surface area contributed by atoms with Crippen LogP contribution in [0.4, 0.5) is 4.79 Å². The molecule has 5 nitrogen and oxygen atoms in total. The number of aliphatic hydroxyl groups is 1. The Bertz CT molecular complexity index is 519. The fourth-order valence-electron chi connectivity index (χ4n) is 2.79. The molecule has 0 spiro atoms. The summed E-state index contributed by atoms with van der Waals surface area (Å²) in [7, 11) is 1.61. The van der Waals surface area contributed by atoms with E-state index in [1.165, 1.54) is 0 Å². The number of carbonyl (C=O) groups is 1. The Morgan fingerprint density at radius 1 is 1.39 bits per heavy atom. The maximum atomic E-state index is 12.5. The SMILES string of the molecule is COC[C@H](NC(=O)N1CCC[C@@](C)(O)CC1)c1ccc(Cl)cc1. The maximum absolute atomic E-state index is 12.5. The Morgan fingerprint density at radius 3 is 2.74 bits per heavy atom. The molecule has 0 aromatic heterocycles. The molecule has 1 aromatic carbocycles. The molecular formula is C17H25ClN2O3. The number of halogens is 1. The molecule has 0 bridgehead atoms. The Morgan fingerprint density at radius 2 is 2.09 bits per heavy atom. The van der Waals surface area contributed by atoms with Gasteiger partial charge in [-0.05, 0) is 43.9 Å². The molecule has 0 aliphatic carbocycles. The van der Waals surface area contributed by atoms with Crippen LogP contribution < -0.4 is 5.32 Å². The summed E-state index contributed by atoms with van der Waals surface area (Å²) < 4.78 is 5.23. The first-order valence-electron chi connectivity index (χ1n) is 7.93. The minimum Gasteiger partial charge on any atom is -0.390 e. The molecule has 23 heavy (non-hydrogen) atoms. The van der Waals surface area contributed by atoms with E-state index in [0.29, 0.717) is 31.1 Å². The highest BCUT2D eigenvalue weighted by atomic mass is 35.5. The van der Waals surface area contributed by atoms with Crippen LogP contribution in [-0.4, -0.2) is 48.4 Å². The Hall–Kier alpha value is -1.30. The zero-order chi connectivity index (χ0) is 16.9. The van der Waals surface area contributed by atoms with E-state index >= 15 is 0 Å². The van der Waals surface area contributed by atoms with Gasteiger partial charge in [0.1, 0.15) is 0 Å². The average molecular weight is 341 g/mol. The summed E-state index contributed by atoms with van der Waals surface area (Å²) >= 11 is 5.92. The largest absolute Gasteiger partial charge is 0.390 e. The second kappa shape index (κ2) is 7.99. The van der Waals surface area contributed by atoms with Crippen molar-refractivity contribution < 1.29 is 14.6 Å². The molecule has 1 heterocycles. The third kappa shape index (κ3) is 5.37. The fraction of sp³-hybridized carbons (Fsp3) is 0.588. The highest BCUT2D eigenvalue weighted by Crippen LogP contribution is 2.22. The molecule has 2 amide bonds. The molecule has 2 N–H and O–H groups in total. The van der Waals surface area contributed by atoms with Gasteiger partial charge < -0.3 is 20.1 Å². The third-order valence-corrected chi connectivity index (χ3v) is 4.51. The fourth-order valence-corrected chi connectivity index (χ4v) is 2.92. The topological polar surface area (TPSA) is 61.8 Å². The molecule has 0 radical (unpaired) electrons. The van der Waals surface area contributed by atoms with Crippen LogP contribution in [0.15, 0.2) is 24.3 Å². The lowest BCUT2D eigenvalue weighted by Crippen LogP contribution is -2.43. The van der Waals surface area contributed by atoms with Crippen LogP contribution in [0.25, 0.3) is 0 Å². The van der Waals surface area contributed by atoms with Crippen molar-refractivity contribution in [1.29, 1.82) is 0 Å². The van der Waals surface area contributed by atoms with Crippen molar-refractivity contribution in [3.8, 4) is 0 Å². The molecule has 2 rings (SSSR count). The number of rotatable bonds is 4. The number of nitrogens with zero attached hydrogens (tertiary/aromatic N) is 1. The molecule has 0 saturated carbocycles. The average Bonchev–Trinajstić information content (AvgIpc) is 2.68. The van der Waals surface area contributed by atoms with Crippen molar-refractivity contribution in [2.45, 2.75) is 37.8 Å². The van der Waals surface area contributed by atoms with Crippen molar-refractivity contribution in [2.24, 2.45) is 0 Å². The second-order valence-corrected chi connectivity index (χ2v) is 6.78. The summed E-state index contributed by atoms with van der Waals surface area (Å²) in [6.07, 6.45) is 2.11. The second-order valence-electron chi connectivity index (χ2n) is 6.35. The number of likely N-dealkylation sites (tertiary alicyclic amines) is 1. The zero-order valence-electron chi connectivity index (χ0n) is 13.7. The van der Waals surface area contributed by atoms with Gasteiger partial charge in [0.05, 0.1) is 18.2 Å². The molecule has 0 unspecified atom stereocenters. The molecule has 2 atom stereocenters. The number of nitrogens with one attached hydrogen (secondary N) is 1. The standard InChI is InChI=1S/C17H25ClN2O3/c1-17(22)8-3-10-20(11-9-17)16(21)19-15(12-23-2)13-4-6-14(18)7-5-13/h4-7,15,22H,3,8-12H2,1-2H3,(H,19,21)/t15-,17+/m0/s1. The minimum atomic E-state index is -0.683. The van der Waals surface area contributed by atoms with Gasteiger partial charge in [0.25, 0.3) is 0 Å². The normalized spacial score (nSPS) is 23.2. The van der Waals surface area contributed by atoms with Gasteiger partial charge in [-0.2, -0.15) is 0 Å². The summed E-state index contributed by atoms with van der Waals surface area (Å²) in [5.74, 6) is 0. The van der Waals surface area contributed by atoms with Crippen LogP contribution >= 0.6 is 11.6 Å². The molecule has 128 valence electrons. The number of urea groups is 1. The highest BCUT2D eigenvalue weighted by molar-refractivity contribution is 6.30.